The van der Waals surface area contributed by atoms with Crippen LogP contribution in [0.15, 0.2) is 48.8 Å². The second kappa shape index (κ2) is 11.8. The molecule has 39 heavy (non-hydrogen) atoms. The first-order valence-electron chi connectivity index (χ1n) is 13.9. The van der Waals surface area contributed by atoms with Crippen molar-refractivity contribution in [2.75, 3.05) is 26.2 Å². The van der Waals surface area contributed by atoms with Crippen LogP contribution >= 0.6 is 23.2 Å². The predicted molar refractivity (Wildman–Crippen MR) is 161 cm³/mol. The molecule has 2 aliphatic heterocycles. The zero-order valence-corrected chi connectivity index (χ0v) is 24.5. The third-order valence-corrected chi connectivity index (χ3v) is 8.39. The molecule has 2 aromatic heterocycles. The number of aromatic nitrogens is 2. The third-order valence-electron chi connectivity index (χ3n) is 7.76. The number of aromatic amines is 2. The maximum atomic E-state index is 12.1. The molecule has 4 aromatic rings. The molecule has 2 fully saturated rings. The van der Waals surface area contributed by atoms with Crippen molar-refractivity contribution in [1.29, 1.82) is 0 Å². The minimum Gasteiger partial charge on any atom is -0.444 e. The number of hydrogen-bond acceptors (Lipinski definition) is 3. The number of likely N-dealkylation sites (tertiary alicyclic amines) is 1. The molecule has 3 N–H and O–H groups in total. The van der Waals surface area contributed by atoms with E-state index < -0.39 is 5.60 Å². The zero-order chi connectivity index (χ0) is 27.6. The highest BCUT2D eigenvalue weighted by atomic mass is 35.5. The number of carbonyl (C=O) groups is 1. The van der Waals surface area contributed by atoms with E-state index in [9.17, 15) is 4.79 Å². The quantitative estimate of drug-likeness (QED) is 0.228. The van der Waals surface area contributed by atoms with Crippen LogP contribution in [0, 0.1) is 0 Å². The van der Waals surface area contributed by atoms with Gasteiger partial charge in [-0.3, -0.25) is 0 Å². The van der Waals surface area contributed by atoms with Crippen LogP contribution in [-0.4, -0.2) is 52.7 Å². The van der Waals surface area contributed by atoms with Crippen molar-refractivity contribution >= 4 is 51.1 Å². The molecule has 1 amide bonds. The smallest absolute Gasteiger partial charge is 0.410 e. The van der Waals surface area contributed by atoms with Gasteiger partial charge < -0.3 is 24.9 Å². The summed E-state index contributed by atoms with van der Waals surface area (Å²) in [6.07, 6.45) is 8.31. The van der Waals surface area contributed by atoms with E-state index in [-0.39, 0.29) is 6.09 Å². The van der Waals surface area contributed by atoms with Gasteiger partial charge in [-0.1, -0.05) is 47.5 Å². The average molecular weight is 570 g/mol. The first kappa shape index (κ1) is 27.9. The molecule has 8 heteroatoms. The molecule has 0 unspecified atom stereocenters. The molecule has 0 aliphatic carbocycles. The molecule has 0 spiro atoms. The summed E-state index contributed by atoms with van der Waals surface area (Å²) in [5.74, 6) is 1.12. The number of benzene rings is 2. The number of halogens is 2. The van der Waals surface area contributed by atoms with Crippen LogP contribution in [0.25, 0.3) is 21.8 Å². The largest absolute Gasteiger partial charge is 0.444 e. The second-order valence-corrected chi connectivity index (χ2v) is 12.4. The van der Waals surface area contributed by atoms with E-state index in [0.717, 1.165) is 60.1 Å². The summed E-state index contributed by atoms with van der Waals surface area (Å²) in [7, 11) is 0. The van der Waals surface area contributed by atoms with E-state index in [1.54, 1.807) is 0 Å². The van der Waals surface area contributed by atoms with Gasteiger partial charge in [0.25, 0.3) is 0 Å². The standard InChI is InChI=1S/C18H23ClN2O2.C13H15ClN2/c1-18(2,3)23-17(22)21-9-7-12(8-10-21)14-11-20-16-13(14)5-4-6-15(16)19;14-12-3-1-2-10-11(8-16-13(10)12)9-4-6-15-7-5-9/h4-6,11-12,20H,7-10H2,1-3H3;1-3,8-9,15-16H,4-7H2. The Morgan fingerprint density at radius 2 is 1.31 bits per heavy atom. The fourth-order valence-electron chi connectivity index (χ4n) is 5.79. The van der Waals surface area contributed by atoms with Crippen molar-refractivity contribution in [1.82, 2.24) is 20.2 Å². The molecule has 2 aromatic carbocycles. The van der Waals surface area contributed by atoms with E-state index in [4.69, 9.17) is 27.9 Å². The highest BCUT2D eigenvalue weighted by Gasteiger charge is 2.28. The number of para-hydroxylation sites is 2. The van der Waals surface area contributed by atoms with Gasteiger partial charge in [-0.05, 0) is 94.6 Å². The highest BCUT2D eigenvalue weighted by Crippen LogP contribution is 2.36. The number of piperidine rings is 2. The van der Waals surface area contributed by atoms with E-state index in [2.05, 4.69) is 39.8 Å². The van der Waals surface area contributed by atoms with Crippen LogP contribution in [0.5, 0.6) is 0 Å². The summed E-state index contributed by atoms with van der Waals surface area (Å²) in [5, 5.41) is 7.45. The number of H-pyrrole nitrogens is 2. The van der Waals surface area contributed by atoms with Crippen molar-refractivity contribution in [3.05, 3.63) is 70.0 Å². The number of carbonyl (C=O) groups excluding carboxylic acids is 1. The van der Waals surface area contributed by atoms with Crippen LogP contribution < -0.4 is 5.32 Å². The topological polar surface area (TPSA) is 73.2 Å². The lowest BCUT2D eigenvalue weighted by Crippen LogP contribution is -2.41. The molecule has 208 valence electrons. The Morgan fingerprint density at radius 1 is 0.821 bits per heavy atom. The Labute approximate surface area is 240 Å². The van der Waals surface area contributed by atoms with Crippen LogP contribution in [0.1, 0.15) is 69.4 Å². The molecule has 6 nitrogen and oxygen atoms in total. The monoisotopic (exact) mass is 568 g/mol. The van der Waals surface area contributed by atoms with E-state index >= 15 is 0 Å². The van der Waals surface area contributed by atoms with Crippen LogP contribution in [0.2, 0.25) is 10.0 Å². The van der Waals surface area contributed by atoms with Gasteiger partial charge in [-0.15, -0.1) is 0 Å². The van der Waals surface area contributed by atoms with Gasteiger partial charge in [0.05, 0.1) is 21.1 Å². The van der Waals surface area contributed by atoms with Gasteiger partial charge in [0, 0.05) is 36.3 Å². The van der Waals surface area contributed by atoms with Crippen molar-refractivity contribution in [3.63, 3.8) is 0 Å². The summed E-state index contributed by atoms with van der Waals surface area (Å²) in [4.78, 5) is 20.5. The third kappa shape index (κ3) is 6.40. The fraction of sp³-hybridized carbons (Fsp3) is 0.452. The molecule has 0 atom stereocenters. The second-order valence-electron chi connectivity index (χ2n) is 11.6. The van der Waals surface area contributed by atoms with Crippen molar-refractivity contribution in [2.45, 2.75) is 63.9 Å². The molecule has 4 heterocycles. The lowest BCUT2D eigenvalue weighted by atomic mass is 9.89. The average Bonchev–Trinajstić information content (AvgIpc) is 3.55. The van der Waals surface area contributed by atoms with Crippen LogP contribution in [-0.2, 0) is 4.74 Å². The number of nitrogens with one attached hydrogen (secondary N) is 3. The number of rotatable bonds is 2. The zero-order valence-electron chi connectivity index (χ0n) is 22.9. The fourth-order valence-corrected chi connectivity index (χ4v) is 6.24. The summed E-state index contributed by atoms with van der Waals surface area (Å²) in [5.41, 5.74) is 4.36. The van der Waals surface area contributed by atoms with Gasteiger partial charge in [0.2, 0.25) is 0 Å². The van der Waals surface area contributed by atoms with E-state index in [1.165, 1.54) is 34.7 Å². The predicted octanol–water partition coefficient (Wildman–Crippen LogP) is 8.22. The molecule has 2 saturated heterocycles. The van der Waals surface area contributed by atoms with Gasteiger partial charge in [-0.25, -0.2) is 4.79 Å². The van der Waals surface area contributed by atoms with Gasteiger partial charge >= 0.3 is 6.09 Å². The number of nitrogens with zero attached hydrogens (tertiary/aromatic N) is 1. The van der Waals surface area contributed by atoms with Gasteiger partial charge in [0.1, 0.15) is 5.60 Å². The number of hydrogen-bond donors (Lipinski definition) is 3. The minimum atomic E-state index is -0.443. The number of fused-ring (bicyclic) bond motifs is 2. The van der Waals surface area contributed by atoms with Crippen LogP contribution in [0.3, 0.4) is 0 Å². The molecule has 6 rings (SSSR count). The first-order valence-corrected chi connectivity index (χ1v) is 14.7. The lowest BCUT2D eigenvalue weighted by Gasteiger charge is -2.33. The molecule has 0 bridgehead atoms. The molecular weight excluding hydrogens is 531 g/mol. The van der Waals surface area contributed by atoms with E-state index in [0.29, 0.717) is 11.8 Å². The maximum Gasteiger partial charge on any atom is 0.410 e. The molecule has 0 saturated carbocycles. The van der Waals surface area contributed by atoms with Crippen LogP contribution in [0.4, 0.5) is 4.79 Å². The Balaban J connectivity index is 0.000000168. The number of ether oxygens (including phenoxy) is 1. The summed E-state index contributed by atoms with van der Waals surface area (Å²) < 4.78 is 5.45. The van der Waals surface area contributed by atoms with Crippen molar-refractivity contribution in [2.24, 2.45) is 0 Å². The summed E-state index contributed by atoms with van der Waals surface area (Å²) >= 11 is 12.4. The first-order chi connectivity index (χ1) is 18.7. The minimum absolute atomic E-state index is 0.210. The summed E-state index contributed by atoms with van der Waals surface area (Å²) in [6.45, 7) is 9.39. The Hall–Kier alpha value is -2.67. The van der Waals surface area contributed by atoms with Crippen molar-refractivity contribution in [3.8, 4) is 0 Å². The SMILES string of the molecule is CC(C)(C)OC(=O)N1CCC(c2c[nH]c3c(Cl)cccc23)CC1.Clc1cccc2c(C3CCNCC3)c[nH]c12. The highest BCUT2D eigenvalue weighted by molar-refractivity contribution is 6.35. The molecule has 0 radical (unpaired) electrons. The summed E-state index contributed by atoms with van der Waals surface area (Å²) in [6, 6.07) is 12.1. The van der Waals surface area contributed by atoms with Crippen molar-refractivity contribution < 1.29 is 9.53 Å². The van der Waals surface area contributed by atoms with Gasteiger partial charge in [-0.2, -0.15) is 0 Å². The van der Waals surface area contributed by atoms with E-state index in [1.807, 2.05) is 49.9 Å². The molecular formula is C31H38Cl2N4O2. The lowest BCUT2D eigenvalue weighted by molar-refractivity contribution is 0.0205. The Kier molecular flexibility index (Phi) is 8.46. The number of amides is 1. The maximum absolute atomic E-state index is 12.1. The van der Waals surface area contributed by atoms with Gasteiger partial charge in [0.15, 0.2) is 0 Å². The normalized spacial score (nSPS) is 17.3. The molecule has 2 aliphatic rings. The Morgan fingerprint density at radius 3 is 1.79 bits per heavy atom. The Bertz CT molecular complexity index is 1420.